The Morgan fingerprint density at radius 3 is 2.60 bits per heavy atom. The summed E-state index contributed by atoms with van der Waals surface area (Å²) in [5.74, 6) is 1.28. The molecule has 2 N–H and O–H groups in total. The molecule has 0 aromatic heterocycles. The van der Waals surface area contributed by atoms with Crippen LogP contribution in [0.25, 0.3) is 0 Å². The van der Waals surface area contributed by atoms with Gasteiger partial charge < -0.3 is 14.8 Å². The van der Waals surface area contributed by atoms with Crippen molar-refractivity contribution in [3.05, 3.63) is 53.1 Å². The number of hydrogen-bond donors (Lipinski definition) is 2. The number of nitrogens with one attached hydrogen (secondary N) is 2. The summed E-state index contributed by atoms with van der Waals surface area (Å²) >= 11 is 0. The lowest BCUT2D eigenvalue weighted by Gasteiger charge is -2.13. The summed E-state index contributed by atoms with van der Waals surface area (Å²) in [6.45, 7) is 4.75. The normalized spacial score (nSPS) is 17.9. The highest BCUT2D eigenvalue weighted by Crippen LogP contribution is 2.35. The molecular weight excluding hydrogens is 404 g/mol. The van der Waals surface area contributed by atoms with Gasteiger partial charge in [-0.05, 0) is 63.1 Å². The first-order valence-corrected chi connectivity index (χ1v) is 11.7. The Morgan fingerprint density at radius 2 is 1.93 bits per heavy atom. The van der Waals surface area contributed by atoms with Crippen LogP contribution < -0.4 is 19.5 Å². The van der Waals surface area contributed by atoms with E-state index in [1.54, 1.807) is 0 Å². The lowest BCUT2D eigenvalue weighted by atomic mass is 10.1. The Bertz CT molecular complexity index is 1050. The molecule has 2 aromatic carbocycles. The molecule has 0 radical (unpaired) electrons. The minimum absolute atomic E-state index is 0.0387. The highest BCUT2D eigenvalue weighted by atomic mass is 32.2. The van der Waals surface area contributed by atoms with Crippen molar-refractivity contribution in [2.45, 2.75) is 56.7 Å². The van der Waals surface area contributed by atoms with E-state index >= 15 is 0 Å². The van der Waals surface area contributed by atoms with Crippen molar-refractivity contribution in [2.75, 3.05) is 6.61 Å². The van der Waals surface area contributed by atoms with E-state index in [0.717, 1.165) is 41.9 Å². The molecular formula is C22H26N2O5S. The van der Waals surface area contributed by atoms with E-state index in [9.17, 15) is 13.2 Å². The molecule has 0 saturated heterocycles. The molecule has 4 rings (SSSR count). The van der Waals surface area contributed by atoms with Gasteiger partial charge in [0.15, 0.2) is 0 Å². The molecule has 160 valence electrons. The van der Waals surface area contributed by atoms with E-state index in [1.165, 1.54) is 24.3 Å². The van der Waals surface area contributed by atoms with Crippen LogP contribution in [0.1, 0.15) is 48.2 Å². The fourth-order valence-corrected chi connectivity index (χ4v) is 4.77. The average Bonchev–Trinajstić information content (AvgIpc) is 3.44. The molecule has 1 amide bonds. The molecule has 1 heterocycles. The second kappa shape index (κ2) is 8.28. The van der Waals surface area contributed by atoms with Gasteiger partial charge in [-0.3, -0.25) is 4.79 Å². The Labute approximate surface area is 176 Å². The van der Waals surface area contributed by atoms with Crippen molar-refractivity contribution in [3.63, 3.8) is 0 Å². The molecule has 1 fully saturated rings. The zero-order chi connectivity index (χ0) is 21.3. The van der Waals surface area contributed by atoms with Gasteiger partial charge in [-0.15, -0.1) is 0 Å². The van der Waals surface area contributed by atoms with Crippen molar-refractivity contribution >= 4 is 15.9 Å². The summed E-state index contributed by atoms with van der Waals surface area (Å²) in [5, 5.41) is 2.88. The van der Waals surface area contributed by atoms with Gasteiger partial charge in [0.2, 0.25) is 10.0 Å². The maximum atomic E-state index is 12.6. The van der Waals surface area contributed by atoms with Gasteiger partial charge in [0, 0.05) is 35.7 Å². The lowest BCUT2D eigenvalue weighted by molar-refractivity contribution is 0.0950. The second-order valence-corrected chi connectivity index (χ2v) is 9.45. The number of ether oxygens (including phenoxy) is 2. The maximum Gasteiger partial charge on any atom is 0.251 e. The fourth-order valence-electron chi connectivity index (χ4n) is 3.46. The Hall–Kier alpha value is -2.58. The van der Waals surface area contributed by atoms with E-state index < -0.39 is 10.0 Å². The van der Waals surface area contributed by atoms with Gasteiger partial charge in [-0.2, -0.15) is 0 Å². The lowest BCUT2D eigenvalue weighted by Crippen LogP contribution is -2.26. The molecule has 2 aliphatic rings. The summed E-state index contributed by atoms with van der Waals surface area (Å²) in [5.41, 5.74) is 2.34. The minimum atomic E-state index is -3.53. The molecule has 8 heteroatoms. The first-order valence-electron chi connectivity index (χ1n) is 10.2. The highest BCUT2D eigenvalue weighted by molar-refractivity contribution is 7.89. The number of carbonyl (C=O) groups is 1. The van der Waals surface area contributed by atoms with Crippen molar-refractivity contribution in [3.8, 4) is 11.5 Å². The summed E-state index contributed by atoms with van der Waals surface area (Å²) in [6, 6.07) is 9.89. The average molecular weight is 431 g/mol. The Morgan fingerprint density at radius 1 is 1.20 bits per heavy atom. The van der Waals surface area contributed by atoms with Crippen LogP contribution in [-0.4, -0.2) is 33.1 Å². The van der Waals surface area contributed by atoms with Crippen LogP contribution in [-0.2, 0) is 23.0 Å². The Balaban J connectivity index is 1.44. The van der Waals surface area contributed by atoms with Gasteiger partial charge in [-0.25, -0.2) is 13.1 Å². The molecule has 1 atom stereocenters. The summed E-state index contributed by atoms with van der Waals surface area (Å²) in [6.07, 6.45) is 2.71. The van der Waals surface area contributed by atoms with Crippen LogP contribution in [0.15, 0.2) is 41.3 Å². The molecule has 7 nitrogen and oxygen atoms in total. The van der Waals surface area contributed by atoms with Gasteiger partial charge in [-0.1, -0.05) is 0 Å². The topological polar surface area (TPSA) is 93.7 Å². The second-order valence-electron chi connectivity index (χ2n) is 7.74. The predicted octanol–water partition coefficient (Wildman–Crippen LogP) is 2.78. The number of rotatable bonds is 8. The number of benzene rings is 2. The van der Waals surface area contributed by atoms with Crippen molar-refractivity contribution in [1.29, 1.82) is 0 Å². The van der Waals surface area contributed by atoms with E-state index in [0.29, 0.717) is 12.2 Å². The van der Waals surface area contributed by atoms with Crippen molar-refractivity contribution in [2.24, 2.45) is 0 Å². The molecule has 1 unspecified atom stereocenters. The van der Waals surface area contributed by atoms with Gasteiger partial charge in [0.25, 0.3) is 5.91 Å². The molecule has 1 aliphatic heterocycles. The molecule has 30 heavy (non-hydrogen) atoms. The first kappa shape index (κ1) is 20.7. The molecule has 2 aromatic rings. The minimum Gasteiger partial charge on any atom is -0.494 e. The summed E-state index contributed by atoms with van der Waals surface area (Å²) in [4.78, 5) is 12.7. The van der Waals surface area contributed by atoms with Crippen LogP contribution in [0, 0.1) is 0 Å². The molecule has 1 aliphatic carbocycles. The van der Waals surface area contributed by atoms with E-state index in [2.05, 4.69) is 10.0 Å². The number of fused-ring (bicyclic) bond motifs is 1. The molecule has 1 saturated carbocycles. The zero-order valence-electron chi connectivity index (χ0n) is 17.1. The monoisotopic (exact) mass is 430 g/mol. The number of sulfonamides is 1. The first-order chi connectivity index (χ1) is 14.4. The third-order valence-corrected chi connectivity index (χ3v) is 6.68. The Kier molecular flexibility index (Phi) is 5.71. The van der Waals surface area contributed by atoms with Crippen molar-refractivity contribution < 1.29 is 22.7 Å². The van der Waals surface area contributed by atoms with Crippen LogP contribution in [0.5, 0.6) is 11.5 Å². The number of carbonyl (C=O) groups excluding carboxylic acids is 1. The third kappa shape index (κ3) is 4.60. The van der Waals surface area contributed by atoms with Crippen LogP contribution in [0.3, 0.4) is 0 Å². The SMILES string of the molecule is CCOc1cc2c(cc1CNC(=O)c1ccc(S(=O)(=O)NC3CC3)cc1)OC(C)C2. The predicted molar refractivity (Wildman–Crippen MR) is 112 cm³/mol. The van der Waals surface area contributed by atoms with E-state index in [-0.39, 0.29) is 29.5 Å². The molecule has 0 spiro atoms. The third-order valence-electron chi connectivity index (χ3n) is 5.14. The largest absolute Gasteiger partial charge is 0.494 e. The van der Waals surface area contributed by atoms with Crippen molar-refractivity contribution in [1.82, 2.24) is 10.0 Å². The molecule has 0 bridgehead atoms. The van der Waals surface area contributed by atoms with Crippen LogP contribution in [0.2, 0.25) is 0 Å². The van der Waals surface area contributed by atoms with Crippen LogP contribution in [0.4, 0.5) is 0 Å². The standard InChI is InChI=1S/C22H26N2O5S/c1-3-28-20-11-16-10-14(2)29-21(16)12-17(20)13-23-22(25)15-4-8-19(9-5-15)30(26,27)24-18-6-7-18/h4-5,8-9,11-12,14,18,24H,3,6-7,10,13H2,1-2H3,(H,23,25). The smallest absolute Gasteiger partial charge is 0.251 e. The maximum absolute atomic E-state index is 12.6. The van der Waals surface area contributed by atoms with Gasteiger partial charge in [0.1, 0.15) is 17.6 Å². The summed E-state index contributed by atoms with van der Waals surface area (Å²) in [7, 11) is -3.53. The fraction of sp³-hybridized carbons (Fsp3) is 0.409. The van der Waals surface area contributed by atoms with Crippen LogP contribution >= 0.6 is 0 Å². The number of amides is 1. The summed E-state index contributed by atoms with van der Waals surface area (Å²) < 4.78 is 38.7. The zero-order valence-corrected chi connectivity index (χ0v) is 17.9. The number of hydrogen-bond acceptors (Lipinski definition) is 5. The van der Waals surface area contributed by atoms with E-state index in [4.69, 9.17) is 9.47 Å². The quantitative estimate of drug-likeness (QED) is 0.672. The van der Waals surface area contributed by atoms with Gasteiger partial charge in [0.05, 0.1) is 11.5 Å². The van der Waals surface area contributed by atoms with Gasteiger partial charge >= 0.3 is 0 Å². The van der Waals surface area contributed by atoms with E-state index in [1.807, 2.05) is 26.0 Å². The highest BCUT2D eigenvalue weighted by Gasteiger charge is 2.28.